The summed E-state index contributed by atoms with van der Waals surface area (Å²) in [6.45, 7) is 6.19. The zero-order chi connectivity index (χ0) is 12.1. The first-order chi connectivity index (χ1) is 8.31. The third-order valence-corrected chi connectivity index (χ3v) is 4.21. The minimum absolute atomic E-state index is 0.305. The van der Waals surface area contributed by atoms with Crippen LogP contribution < -0.4 is 0 Å². The summed E-state index contributed by atoms with van der Waals surface area (Å²) in [7, 11) is 0. The van der Waals surface area contributed by atoms with Crippen LogP contribution in [0.2, 0.25) is 0 Å². The van der Waals surface area contributed by atoms with E-state index in [0.29, 0.717) is 6.03 Å². The van der Waals surface area contributed by atoms with Gasteiger partial charge in [0.1, 0.15) is 0 Å². The van der Waals surface area contributed by atoms with E-state index in [-0.39, 0.29) is 0 Å². The minimum Gasteiger partial charge on any atom is -0.325 e. The van der Waals surface area contributed by atoms with Gasteiger partial charge in [-0.15, -0.1) is 0 Å². The summed E-state index contributed by atoms with van der Waals surface area (Å²) in [5, 5.41) is 0. The second-order valence-corrected chi connectivity index (χ2v) is 5.55. The Morgan fingerprint density at radius 2 is 1.59 bits per heavy atom. The molecule has 2 rings (SSSR count). The molecule has 98 valence electrons. The van der Waals surface area contributed by atoms with Gasteiger partial charge in [0.25, 0.3) is 0 Å². The van der Waals surface area contributed by atoms with Gasteiger partial charge in [-0.2, -0.15) is 0 Å². The molecule has 2 amide bonds. The van der Waals surface area contributed by atoms with Crippen LogP contribution in [0.1, 0.15) is 51.9 Å². The van der Waals surface area contributed by atoms with Gasteiger partial charge in [0.15, 0.2) is 0 Å². The third kappa shape index (κ3) is 3.36. The summed E-state index contributed by atoms with van der Waals surface area (Å²) < 4.78 is 0. The second kappa shape index (κ2) is 6.27. The number of hydrogen-bond donors (Lipinski definition) is 0. The monoisotopic (exact) mass is 238 g/mol. The highest BCUT2D eigenvalue weighted by atomic mass is 16.2. The number of carbonyl (C=O) groups is 1. The summed E-state index contributed by atoms with van der Waals surface area (Å²) in [6, 6.07) is 0.305. The van der Waals surface area contributed by atoms with Crippen LogP contribution in [0.15, 0.2) is 0 Å². The molecule has 0 unspecified atom stereocenters. The zero-order valence-electron chi connectivity index (χ0n) is 11.2. The van der Waals surface area contributed by atoms with E-state index in [2.05, 4.69) is 16.7 Å². The molecule has 0 bridgehead atoms. The molecule has 0 aromatic rings. The Kier molecular flexibility index (Phi) is 4.69. The van der Waals surface area contributed by atoms with Crippen molar-refractivity contribution in [1.82, 2.24) is 9.80 Å². The van der Waals surface area contributed by atoms with Gasteiger partial charge in [0, 0.05) is 26.2 Å². The Labute approximate surface area is 105 Å². The molecule has 0 saturated carbocycles. The summed E-state index contributed by atoms with van der Waals surface area (Å²) >= 11 is 0. The highest BCUT2D eigenvalue weighted by molar-refractivity contribution is 5.74. The number of likely N-dealkylation sites (tertiary alicyclic amines) is 2. The second-order valence-electron chi connectivity index (χ2n) is 5.55. The number of urea groups is 1. The third-order valence-electron chi connectivity index (χ3n) is 4.21. The molecule has 0 radical (unpaired) electrons. The maximum absolute atomic E-state index is 12.3. The van der Waals surface area contributed by atoms with Crippen molar-refractivity contribution in [2.45, 2.75) is 51.9 Å². The van der Waals surface area contributed by atoms with Crippen LogP contribution in [-0.4, -0.2) is 42.0 Å². The van der Waals surface area contributed by atoms with Gasteiger partial charge in [-0.1, -0.05) is 19.8 Å². The summed E-state index contributed by atoms with van der Waals surface area (Å²) in [6.07, 6.45) is 8.73. The van der Waals surface area contributed by atoms with Gasteiger partial charge in [-0.05, 0) is 38.0 Å². The molecule has 2 aliphatic heterocycles. The van der Waals surface area contributed by atoms with Crippen molar-refractivity contribution in [3.63, 3.8) is 0 Å². The number of nitrogens with zero attached hydrogens (tertiary/aromatic N) is 2. The number of hydrogen-bond acceptors (Lipinski definition) is 1. The standard InChI is InChI=1S/C14H26N2O/c1-2-6-13-7-11-16(12-8-13)14(17)15-9-4-3-5-10-15/h13H,2-12H2,1H3. The van der Waals surface area contributed by atoms with Crippen molar-refractivity contribution in [3.8, 4) is 0 Å². The summed E-state index contributed by atoms with van der Waals surface area (Å²) in [5.74, 6) is 0.866. The van der Waals surface area contributed by atoms with E-state index >= 15 is 0 Å². The lowest BCUT2D eigenvalue weighted by atomic mass is 9.93. The Morgan fingerprint density at radius 3 is 2.18 bits per heavy atom. The molecule has 3 nitrogen and oxygen atoms in total. The van der Waals surface area contributed by atoms with Crippen molar-refractivity contribution in [2.24, 2.45) is 5.92 Å². The number of rotatable bonds is 2. The van der Waals surface area contributed by atoms with Crippen molar-refractivity contribution in [2.75, 3.05) is 26.2 Å². The predicted octanol–water partition coefficient (Wildman–Crippen LogP) is 3.10. The molecule has 0 spiro atoms. The number of amides is 2. The number of carbonyl (C=O) groups excluding carboxylic acids is 1. The summed E-state index contributed by atoms with van der Waals surface area (Å²) in [4.78, 5) is 16.4. The molecule has 0 atom stereocenters. The first kappa shape index (κ1) is 12.7. The smallest absolute Gasteiger partial charge is 0.319 e. The van der Waals surface area contributed by atoms with E-state index in [1.54, 1.807) is 0 Å². The van der Waals surface area contributed by atoms with Crippen molar-refractivity contribution < 1.29 is 4.79 Å². The van der Waals surface area contributed by atoms with Crippen molar-refractivity contribution in [3.05, 3.63) is 0 Å². The highest BCUT2D eigenvalue weighted by Crippen LogP contribution is 2.23. The lowest BCUT2D eigenvalue weighted by Gasteiger charge is -2.37. The topological polar surface area (TPSA) is 23.6 Å². The van der Waals surface area contributed by atoms with Crippen LogP contribution in [0.3, 0.4) is 0 Å². The fraction of sp³-hybridized carbons (Fsp3) is 0.929. The van der Waals surface area contributed by atoms with Crippen LogP contribution in [0.4, 0.5) is 4.79 Å². The van der Waals surface area contributed by atoms with E-state index in [4.69, 9.17) is 0 Å². The maximum atomic E-state index is 12.3. The average Bonchev–Trinajstić information content (AvgIpc) is 2.40. The lowest BCUT2D eigenvalue weighted by molar-refractivity contribution is 0.123. The fourth-order valence-electron chi connectivity index (χ4n) is 3.11. The molecule has 2 fully saturated rings. The van der Waals surface area contributed by atoms with Gasteiger partial charge < -0.3 is 9.80 Å². The quantitative estimate of drug-likeness (QED) is 0.725. The molecular weight excluding hydrogens is 212 g/mol. The van der Waals surface area contributed by atoms with Crippen LogP contribution in [-0.2, 0) is 0 Å². The molecule has 0 aromatic carbocycles. The van der Waals surface area contributed by atoms with Gasteiger partial charge in [-0.25, -0.2) is 4.79 Å². The van der Waals surface area contributed by atoms with Gasteiger partial charge in [-0.3, -0.25) is 0 Å². The molecule has 0 aromatic heterocycles. The van der Waals surface area contributed by atoms with Gasteiger partial charge in [0.2, 0.25) is 0 Å². The Bertz CT molecular complexity index is 241. The van der Waals surface area contributed by atoms with Crippen LogP contribution in [0.5, 0.6) is 0 Å². The predicted molar refractivity (Wildman–Crippen MR) is 70.0 cm³/mol. The highest BCUT2D eigenvalue weighted by Gasteiger charge is 2.26. The van der Waals surface area contributed by atoms with E-state index in [9.17, 15) is 4.79 Å². The van der Waals surface area contributed by atoms with E-state index in [1.807, 2.05) is 0 Å². The molecule has 2 saturated heterocycles. The molecule has 0 N–H and O–H groups in total. The van der Waals surface area contributed by atoms with E-state index < -0.39 is 0 Å². The Morgan fingerprint density at radius 1 is 1.00 bits per heavy atom. The Balaban J connectivity index is 1.77. The van der Waals surface area contributed by atoms with Crippen LogP contribution in [0, 0.1) is 5.92 Å². The zero-order valence-corrected chi connectivity index (χ0v) is 11.2. The molecular formula is C14H26N2O. The molecule has 2 heterocycles. The normalized spacial score (nSPS) is 22.9. The average molecular weight is 238 g/mol. The Hall–Kier alpha value is -0.730. The molecule has 17 heavy (non-hydrogen) atoms. The van der Waals surface area contributed by atoms with Crippen LogP contribution in [0.25, 0.3) is 0 Å². The maximum Gasteiger partial charge on any atom is 0.319 e. The van der Waals surface area contributed by atoms with Gasteiger partial charge in [0.05, 0.1) is 0 Å². The van der Waals surface area contributed by atoms with E-state index in [0.717, 1.165) is 32.1 Å². The van der Waals surface area contributed by atoms with Gasteiger partial charge >= 0.3 is 6.03 Å². The summed E-state index contributed by atoms with van der Waals surface area (Å²) in [5.41, 5.74) is 0. The SMILES string of the molecule is CCCC1CCN(C(=O)N2CCCCC2)CC1. The molecule has 0 aliphatic carbocycles. The largest absolute Gasteiger partial charge is 0.325 e. The molecule has 2 aliphatic rings. The molecule has 3 heteroatoms. The first-order valence-corrected chi connectivity index (χ1v) is 7.35. The fourth-order valence-corrected chi connectivity index (χ4v) is 3.11. The van der Waals surface area contributed by atoms with Crippen molar-refractivity contribution >= 4 is 6.03 Å². The first-order valence-electron chi connectivity index (χ1n) is 7.35. The minimum atomic E-state index is 0.305. The lowest BCUT2D eigenvalue weighted by Crippen LogP contribution is -2.48. The van der Waals surface area contributed by atoms with E-state index in [1.165, 1.54) is 44.9 Å². The van der Waals surface area contributed by atoms with Crippen LogP contribution >= 0.6 is 0 Å². The van der Waals surface area contributed by atoms with Crippen molar-refractivity contribution in [1.29, 1.82) is 0 Å². The number of piperidine rings is 2.